The number of rotatable bonds is 6. The molecule has 0 aliphatic heterocycles. The molecule has 0 radical (unpaired) electrons. The molecule has 0 aliphatic rings. The normalized spacial score (nSPS) is 11.8. The van der Waals surface area contributed by atoms with Gasteiger partial charge in [-0.25, -0.2) is 4.79 Å². The second-order valence-electron chi connectivity index (χ2n) is 7.82. The average Bonchev–Trinajstić information content (AvgIpc) is 3.03. The standard InChI is InChI=1S/C25H23ClN4O3/c1-29-21-13-12-19(15-22(21)30(2)25(29)33)27-24(32)20(14-16-6-4-3-5-7-16)28-23(31)17-8-10-18(26)11-9-17/h3-13,15,20H,14H2,1-2H3,(H,27,32)(H,28,31). The van der Waals surface area contributed by atoms with Crippen LogP contribution in [0.25, 0.3) is 11.0 Å². The topological polar surface area (TPSA) is 85.1 Å². The Morgan fingerprint density at radius 2 is 1.58 bits per heavy atom. The van der Waals surface area contributed by atoms with Crippen LogP contribution in [0.15, 0.2) is 77.6 Å². The maximum Gasteiger partial charge on any atom is 0.328 e. The summed E-state index contributed by atoms with van der Waals surface area (Å²) in [4.78, 5) is 38.2. The highest BCUT2D eigenvalue weighted by molar-refractivity contribution is 6.30. The number of nitrogens with one attached hydrogen (secondary N) is 2. The first-order chi connectivity index (χ1) is 15.8. The van der Waals surface area contributed by atoms with Gasteiger partial charge in [0.2, 0.25) is 5.91 Å². The molecule has 2 amide bonds. The van der Waals surface area contributed by atoms with Gasteiger partial charge in [-0.15, -0.1) is 0 Å². The van der Waals surface area contributed by atoms with Crippen molar-refractivity contribution in [1.29, 1.82) is 0 Å². The number of imidazole rings is 1. The van der Waals surface area contributed by atoms with E-state index in [-0.39, 0.29) is 17.5 Å². The van der Waals surface area contributed by atoms with Gasteiger partial charge in [0, 0.05) is 36.8 Å². The minimum Gasteiger partial charge on any atom is -0.340 e. The third-order valence-electron chi connectivity index (χ3n) is 5.55. The Bertz CT molecular complexity index is 1370. The number of amides is 2. The van der Waals surface area contributed by atoms with E-state index in [0.29, 0.717) is 28.2 Å². The van der Waals surface area contributed by atoms with Crippen molar-refractivity contribution in [2.24, 2.45) is 14.1 Å². The van der Waals surface area contributed by atoms with Crippen molar-refractivity contribution in [3.8, 4) is 0 Å². The Balaban J connectivity index is 1.59. The fourth-order valence-corrected chi connectivity index (χ4v) is 3.84. The van der Waals surface area contributed by atoms with Gasteiger partial charge in [0.15, 0.2) is 0 Å². The molecule has 0 bridgehead atoms. The molecule has 0 spiro atoms. The number of aromatic nitrogens is 2. The van der Waals surface area contributed by atoms with Crippen molar-refractivity contribution >= 4 is 40.1 Å². The number of fused-ring (bicyclic) bond motifs is 1. The van der Waals surface area contributed by atoms with Crippen LogP contribution in [0.5, 0.6) is 0 Å². The molecule has 1 heterocycles. The summed E-state index contributed by atoms with van der Waals surface area (Å²) < 4.78 is 3.07. The predicted octanol–water partition coefficient (Wildman–Crippen LogP) is 3.51. The summed E-state index contributed by atoms with van der Waals surface area (Å²) in [5.74, 6) is -0.731. The van der Waals surface area contributed by atoms with E-state index in [1.807, 2.05) is 30.3 Å². The smallest absolute Gasteiger partial charge is 0.328 e. The van der Waals surface area contributed by atoms with E-state index in [4.69, 9.17) is 11.6 Å². The minimum absolute atomic E-state index is 0.148. The van der Waals surface area contributed by atoms with Crippen LogP contribution in [0, 0.1) is 0 Å². The molecule has 4 aromatic rings. The quantitative estimate of drug-likeness (QED) is 0.460. The van der Waals surface area contributed by atoms with Gasteiger partial charge in [-0.3, -0.25) is 18.7 Å². The fourth-order valence-electron chi connectivity index (χ4n) is 3.72. The van der Waals surface area contributed by atoms with Crippen LogP contribution < -0.4 is 16.3 Å². The monoisotopic (exact) mass is 462 g/mol. The zero-order valence-corrected chi connectivity index (χ0v) is 19.0. The van der Waals surface area contributed by atoms with Gasteiger partial charge in [-0.1, -0.05) is 41.9 Å². The summed E-state index contributed by atoms with van der Waals surface area (Å²) >= 11 is 5.92. The number of hydrogen-bond donors (Lipinski definition) is 2. The largest absolute Gasteiger partial charge is 0.340 e. The minimum atomic E-state index is -0.814. The SMILES string of the molecule is Cn1c(=O)n(C)c2cc(NC(=O)C(Cc3ccccc3)NC(=O)c3ccc(Cl)cc3)ccc21. The number of aryl methyl sites for hydroxylation is 2. The molecule has 0 saturated carbocycles. The molecule has 2 N–H and O–H groups in total. The number of carbonyl (C=O) groups excluding carboxylic acids is 2. The number of carbonyl (C=O) groups is 2. The van der Waals surface area contributed by atoms with Crippen molar-refractivity contribution < 1.29 is 9.59 Å². The first-order valence-electron chi connectivity index (χ1n) is 10.4. The van der Waals surface area contributed by atoms with Crippen molar-refractivity contribution in [3.05, 3.63) is 99.4 Å². The molecule has 168 valence electrons. The first kappa shape index (κ1) is 22.4. The first-order valence-corrected chi connectivity index (χ1v) is 10.8. The van der Waals surface area contributed by atoms with E-state index < -0.39 is 6.04 Å². The third-order valence-corrected chi connectivity index (χ3v) is 5.80. The van der Waals surface area contributed by atoms with E-state index in [0.717, 1.165) is 11.1 Å². The Kier molecular flexibility index (Phi) is 6.33. The van der Waals surface area contributed by atoms with Gasteiger partial charge in [-0.2, -0.15) is 0 Å². The van der Waals surface area contributed by atoms with Crippen LogP contribution in [0.3, 0.4) is 0 Å². The molecule has 0 fully saturated rings. The molecule has 8 heteroatoms. The lowest BCUT2D eigenvalue weighted by Crippen LogP contribution is -2.45. The highest BCUT2D eigenvalue weighted by Crippen LogP contribution is 2.18. The summed E-state index contributed by atoms with van der Waals surface area (Å²) in [5, 5.41) is 6.23. The third kappa shape index (κ3) is 4.83. The molecular formula is C25H23ClN4O3. The molecule has 33 heavy (non-hydrogen) atoms. The average molecular weight is 463 g/mol. The Morgan fingerprint density at radius 3 is 2.27 bits per heavy atom. The number of benzene rings is 3. The molecule has 1 atom stereocenters. The Morgan fingerprint density at radius 1 is 0.909 bits per heavy atom. The maximum atomic E-state index is 13.2. The summed E-state index contributed by atoms with van der Waals surface area (Å²) in [5.41, 5.74) is 3.17. The summed E-state index contributed by atoms with van der Waals surface area (Å²) in [7, 11) is 3.38. The Labute approximate surface area is 195 Å². The van der Waals surface area contributed by atoms with Gasteiger partial charge in [0.05, 0.1) is 11.0 Å². The summed E-state index contributed by atoms with van der Waals surface area (Å²) in [6.45, 7) is 0. The van der Waals surface area contributed by atoms with Gasteiger partial charge >= 0.3 is 5.69 Å². The number of anilines is 1. The number of nitrogens with zero attached hydrogens (tertiary/aromatic N) is 2. The number of hydrogen-bond acceptors (Lipinski definition) is 3. The van der Waals surface area contributed by atoms with Crippen LogP contribution >= 0.6 is 11.6 Å². The molecule has 3 aromatic carbocycles. The maximum absolute atomic E-state index is 13.2. The molecule has 1 unspecified atom stereocenters. The molecule has 4 rings (SSSR count). The lowest BCUT2D eigenvalue weighted by atomic mass is 10.0. The molecule has 1 aromatic heterocycles. The van der Waals surface area contributed by atoms with Gasteiger partial charge < -0.3 is 10.6 Å². The zero-order valence-electron chi connectivity index (χ0n) is 18.2. The van der Waals surface area contributed by atoms with Crippen molar-refractivity contribution in [2.45, 2.75) is 12.5 Å². The second-order valence-corrected chi connectivity index (χ2v) is 8.25. The van der Waals surface area contributed by atoms with Crippen LogP contribution in [0.2, 0.25) is 5.02 Å². The summed E-state index contributed by atoms with van der Waals surface area (Å²) in [6.07, 6.45) is 0.318. The van der Waals surface area contributed by atoms with Crippen molar-refractivity contribution in [1.82, 2.24) is 14.5 Å². The number of halogens is 1. The highest BCUT2D eigenvalue weighted by atomic mass is 35.5. The summed E-state index contributed by atoms with van der Waals surface area (Å²) in [6, 6.07) is 20.4. The van der Waals surface area contributed by atoms with Crippen molar-refractivity contribution in [3.63, 3.8) is 0 Å². The van der Waals surface area contributed by atoms with E-state index in [1.54, 1.807) is 61.1 Å². The lowest BCUT2D eigenvalue weighted by Gasteiger charge is -2.19. The van der Waals surface area contributed by atoms with Crippen LogP contribution in [0.1, 0.15) is 15.9 Å². The molecule has 7 nitrogen and oxygen atoms in total. The van der Waals surface area contributed by atoms with Gasteiger partial charge in [0.25, 0.3) is 5.91 Å². The van der Waals surface area contributed by atoms with Crippen LogP contribution in [-0.2, 0) is 25.3 Å². The van der Waals surface area contributed by atoms with E-state index in [2.05, 4.69) is 10.6 Å². The van der Waals surface area contributed by atoms with Gasteiger partial charge in [-0.05, 0) is 48.0 Å². The van der Waals surface area contributed by atoms with E-state index in [1.165, 1.54) is 4.57 Å². The predicted molar refractivity (Wildman–Crippen MR) is 130 cm³/mol. The van der Waals surface area contributed by atoms with E-state index in [9.17, 15) is 14.4 Å². The van der Waals surface area contributed by atoms with Gasteiger partial charge in [0.1, 0.15) is 6.04 Å². The van der Waals surface area contributed by atoms with E-state index >= 15 is 0 Å². The van der Waals surface area contributed by atoms with Crippen molar-refractivity contribution in [2.75, 3.05) is 5.32 Å². The molecular weight excluding hydrogens is 440 g/mol. The highest BCUT2D eigenvalue weighted by Gasteiger charge is 2.22. The second kappa shape index (κ2) is 9.34. The Hall–Kier alpha value is -3.84. The molecule has 0 aliphatic carbocycles. The van der Waals surface area contributed by atoms with Crippen LogP contribution in [-0.4, -0.2) is 27.0 Å². The molecule has 0 saturated heterocycles. The fraction of sp³-hybridized carbons (Fsp3) is 0.160. The van der Waals surface area contributed by atoms with Crippen LogP contribution in [0.4, 0.5) is 5.69 Å². The lowest BCUT2D eigenvalue weighted by molar-refractivity contribution is -0.118. The zero-order chi connectivity index (χ0) is 23.5.